The zero-order valence-corrected chi connectivity index (χ0v) is 13.0. The number of thiazole rings is 1. The van der Waals surface area contributed by atoms with Gasteiger partial charge in [-0.2, -0.15) is 0 Å². The van der Waals surface area contributed by atoms with E-state index in [0.717, 1.165) is 22.0 Å². The van der Waals surface area contributed by atoms with Crippen molar-refractivity contribution in [2.75, 3.05) is 5.32 Å². The molecule has 0 saturated carbocycles. The maximum absolute atomic E-state index is 9.54. The third kappa shape index (κ3) is 3.32. The van der Waals surface area contributed by atoms with E-state index in [0.29, 0.717) is 11.6 Å². The van der Waals surface area contributed by atoms with Gasteiger partial charge in [0.1, 0.15) is 0 Å². The molecule has 0 radical (unpaired) electrons. The van der Waals surface area contributed by atoms with Crippen molar-refractivity contribution in [1.82, 2.24) is 4.98 Å². The topological polar surface area (TPSA) is 65.4 Å². The molecule has 0 fully saturated rings. The maximum atomic E-state index is 9.54. The van der Waals surface area contributed by atoms with Crippen LogP contribution in [0.3, 0.4) is 0 Å². The summed E-state index contributed by atoms with van der Waals surface area (Å²) in [6.45, 7) is 0.633. The highest BCUT2D eigenvalue weighted by Crippen LogP contribution is 2.32. The molecule has 0 bridgehead atoms. The van der Waals surface area contributed by atoms with Crippen LogP contribution >= 0.6 is 22.9 Å². The first-order valence-corrected chi connectivity index (χ1v) is 7.84. The van der Waals surface area contributed by atoms with Gasteiger partial charge < -0.3 is 15.5 Å². The van der Waals surface area contributed by atoms with Gasteiger partial charge in [0, 0.05) is 22.5 Å². The molecule has 0 saturated heterocycles. The molecular weight excluding hydrogens is 320 g/mol. The molecule has 4 nitrogen and oxygen atoms in total. The van der Waals surface area contributed by atoms with Crippen LogP contribution in [-0.2, 0) is 6.54 Å². The SMILES string of the molecule is Oc1ccc(-c2csc(NCc3cccc(Cl)c3)n2)cc1O. The molecule has 2 aromatic carbocycles. The van der Waals surface area contributed by atoms with Crippen molar-refractivity contribution in [3.8, 4) is 22.8 Å². The summed E-state index contributed by atoms with van der Waals surface area (Å²) in [5.41, 5.74) is 2.57. The van der Waals surface area contributed by atoms with Crippen LogP contribution in [0.15, 0.2) is 47.8 Å². The Morgan fingerprint density at radius 3 is 2.73 bits per heavy atom. The summed E-state index contributed by atoms with van der Waals surface area (Å²) in [7, 11) is 0. The van der Waals surface area contributed by atoms with Gasteiger partial charge in [-0.1, -0.05) is 23.7 Å². The van der Waals surface area contributed by atoms with Gasteiger partial charge in [-0.25, -0.2) is 4.98 Å². The fourth-order valence-corrected chi connectivity index (χ4v) is 2.93. The molecule has 22 heavy (non-hydrogen) atoms. The van der Waals surface area contributed by atoms with Gasteiger partial charge in [-0.3, -0.25) is 0 Å². The minimum absolute atomic E-state index is 0.140. The Morgan fingerprint density at radius 2 is 1.95 bits per heavy atom. The Labute approximate surface area is 136 Å². The molecule has 1 aromatic heterocycles. The molecule has 3 N–H and O–H groups in total. The van der Waals surface area contributed by atoms with Gasteiger partial charge in [0.05, 0.1) is 5.69 Å². The Kier molecular flexibility index (Phi) is 4.18. The van der Waals surface area contributed by atoms with E-state index in [4.69, 9.17) is 11.6 Å². The van der Waals surface area contributed by atoms with Gasteiger partial charge in [-0.05, 0) is 35.9 Å². The predicted molar refractivity (Wildman–Crippen MR) is 89.7 cm³/mol. The van der Waals surface area contributed by atoms with Gasteiger partial charge in [-0.15, -0.1) is 11.3 Å². The zero-order valence-electron chi connectivity index (χ0n) is 11.5. The lowest BCUT2D eigenvalue weighted by Gasteiger charge is -2.03. The van der Waals surface area contributed by atoms with E-state index in [2.05, 4.69) is 10.3 Å². The van der Waals surface area contributed by atoms with Crippen molar-refractivity contribution < 1.29 is 10.2 Å². The largest absolute Gasteiger partial charge is 0.504 e. The molecule has 0 atom stereocenters. The lowest BCUT2D eigenvalue weighted by Crippen LogP contribution is -1.98. The average molecular weight is 333 g/mol. The molecule has 0 aliphatic heterocycles. The summed E-state index contributed by atoms with van der Waals surface area (Å²) in [6.07, 6.45) is 0. The first-order chi connectivity index (χ1) is 10.6. The number of aromatic nitrogens is 1. The number of hydrogen-bond donors (Lipinski definition) is 3. The van der Waals surface area contributed by atoms with Crippen molar-refractivity contribution in [2.24, 2.45) is 0 Å². The molecule has 0 spiro atoms. The Balaban J connectivity index is 1.72. The second-order valence-corrected chi connectivity index (χ2v) is 6.02. The number of nitrogens with one attached hydrogen (secondary N) is 1. The van der Waals surface area contributed by atoms with Crippen LogP contribution < -0.4 is 5.32 Å². The zero-order chi connectivity index (χ0) is 15.5. The molecule has 6 heteroatoms. The molecule has 112 valence electrons. The fourth-order valence-electron chi connectivity index (χ4n) is 1.99. The van der Waals surface area contributed by atoms with Crippen LogP contribution in [0.5, 0.6) is 11.5 Å². The number of phenolic OH excluding ortho intramolecular Hbond substituents is 2. The molecular formula is C16H13ClN2O2S. The summed E-state index contributed by atoms with van der Waals surface area (Å²) in [5.74, 6) is -0.294. The lowest BCUT2D eigenvalue weighted by atomic mass is 10.1. The van der Waals surface area contributed by atoms with Crippen LogP contribution in [0, 0.1) is 0 Å². The first-order valence-electron chi connectivity index (χ1n) is 6.58. The van der Waals surface area contributed by atoms with Gasteiger partial charge in [0.15, 0.2) is 16.6 Å². The average Bonchev–Trinajstić information content (AvgIpc) is 2.97. The number of rotatable bonds is 4. The first kappa shape index (κ1) is 14.7. The highest BCUT2D eigenvalue weighted by molar-refractivity contribution is 7.14. The molecule has 3 rings (SSSR count). The monoisotopic (exact) mass is 332 g/mol. The van der Waals surface area contributed by atoms with Crippen LogP contribution in [-0.4, -0.2) is 15.2 Å². The number of nitrogens with zero attached hydrogens (tertiary/aromatic N) is 1. The highest BCUT2D eigenvalue weighted by Gasteiger charge is 2.07. The number of halogens is 1. The Hall–Kier alpha value is -2.24. The van der Waals surface area contributed by atoms with E-state index in [1.165, 1.54) is 23.5 Å². The standard InChI is InChI=1S/C16H13ClN2O2S/c17-12-3-1-2-10(6-12)8-18-16-19-13(9-22-16)11-4-5-14(20)15(21)7-11/h1-7,9,20-21H,8H2,(H,18,19). The van der Waals surface area contributed by atoms with Gasteiger partial charge in [0.25, 0.3) is 0 Å². The Morgan fingerprint density at radius 1 is 1.09 bits per heavy atom. The van der Waals surface area contributed by atoms with Crippen LogP contribution in [0.25, 0.3) is 11.3 Å². The third-order valence-electron chi connectivity index (χ3n) is 3.11. The predicted octanol–water partition coefficient (Wildman–Crippen LogP) is 4.49. The van der Waals surface area contributed by atoms with Gasteiger partial charge in [0.2, 0.25) is 0 Å². The molecule has 0 amide bonds. The minimum atomic E-state index is -0.154. The van der Waals surface area contributed by atoms with E-state index in [-0.39, 0.29) is 11.5 Å². The van der Waals surface area contributed by atoms with Crippen molar-refractivity contribution in [3.05, 3.63) is 58.4 Å². The second kappa shape index (κ2) is 6.25. The van der Waals surface area contributed by atoms with Crippen molar-refractivity contribution >= 4 is 28.1 Å². The summed E-state index contributed by atoms with van der Waals surface area (Å²) in [6, 6.07) is 12.3. The van der Waals surface area contributed by atoms with E-state index in [1.54, 1.807) is 6.07 Å². The second-order valence-electron chi connectivity index (χ2n) is 4.72. The minimum Gasteiger partial charge on any atom is -0.504 e. The van der Waals surface area contributed by atoms with Crippen LogP contribution in [0.2, 0.25) is 5.02 Å². The van der Waals surface area contributed by atoms with Crippen molar-refractivity contribution in [3.63, 3.8) is 0 Å². The van der Waals surface area contributed by atoms with E-state index < -0.39 is 0 Å². The fraction of sp³-hybridized carbons (Fsp3) is 0.0625. The molecule has 0 aliphatic rings. The summed E-state index contributed by atoms with van der Waals surface area (Å²) < 4.78 is 0. The Bertz CT molecular complexity index is 804. The van der Waals surface area contributed by atoms with Crippen molar-refractivity contribution in [1.29, 1.82) is 0 Å². The number of benzene rings is 2. The summed E-state index contributed by atoms with van der Waals surface area (Å²) >= 11 is 7.43. The molecule has 1 heterocycles. The van der Waals surface area contributed by atoms with Crippen LogP contribution in [0.4, 0.5) is 5.13 Å². The summed E-state index contributed by atoms with van der Waals surface area (Å²) in [4.78, 5) is 4.47. The third-order valence-corrected chi connectivity index (χ3v) is 4.14. The van der Waals surface area contributed by atoms with Gasteiger partial charge >= 0.3 is 0 Å². The number of hydrogen-bond acceptors (Lipinski definition) is 5. The highest BCUT2D eigenvalue weighted by atomic mass is 35.5. The van der Waals surface area contributed by atoms with Crippen LogP contribution in [0.1, 0.15) is 5.56 Å². The smallest absolute Gasteiger partial charge is 0.183 e. The number of anilines is 1. The molecule has 3 aromatic rings. The normalized spacial score (nSPS) is 10.6. The quantitative estimate of drug-likeness (QED) is 0.616. The maximum Gasteiger partial charge on any atom is 0.183 e. The van der Waals surface area contributed by atoms with E-state index in [9.17, 15) is 10.2 Å². The van der Waals surface area contributed by atoms with Crippen molar-refractivity contribution in [2.45, 2.75) is 6.54 Å². The summed E-state index contributed by atoms with van der Waals surface area (Å²) in [5, 5.41) is 25.5. The molecule has 0 unspecified atom stereocenters. The molecule has 0 aliphatic carbocycles. The van der Waals surface area contributed by atoms with E-state index >= 15 is 0 Å². The lowest BCUT2D eigenvalue weighted by molar-refractivity contribution is 0.404. The van der Waals surface area contributed by atoms with E-state index in [1.807, 2.05) is 29.6 Å². The number of aromatic hydroxyl groups is 2. The number of phenols is 2.